The fourth-order valence-corrected chi connectivity index (χ4v) is 2.41. The lowest BCUT2D eigenvalue weighted by atomic mass is 10.1. The maximum absolute atomic E-state index is 12.3. The van der Waals surface area contributed by atoms with Crippen molar-refractivity contribution in [1.29, 1.82) is 5.26 Å². The number of carbonyl (C=O) groups is 1. The number of carbonyl (C=O) groups excluding carboxylic acids is 1. The third-order valence-electron chi connectivity index (χ3n) is 3.09. The summed E-state index contributed by atoms with van der Waals surface area (Å²) in [6, 6.07) is 8.99. The van der Waals surface area contributed by atoms with Gasteiger partial charge in [0.25, 0.3) is 0 Å². The van der Waals surface area contributed by atoms with Crippen molar-refractivity contribution in [3.63, 3.8) is 0 Å². The number of amides is 1. The molecule has 0 radical (unpaired) electrons. The van der Waals surface area contributed by atoms with E-state index in [1.54, 1.807) is 29.2 Å². The van der Waals surface area contributed by atoms with Gasteiger partial charge in [0.2, 0.25) is 5.91 Å². The van der Waals surface area contributed by atoms with E-state index in [0.717, 1.165) is 0 Å². The van der Waals surface area contributed by atoms with Crippen LogP contribution in [0.3, 0.4) is 0 Å². The third kappa shape index (κ3) is 3.91. The summed E-state index contributed by atoms with van der Waals surface area (Å²) in [5, 5.41) is 12.6. The van der Waals surface area contributed by atoms with Crippen molar-refractivity contribution in [2.75, 3.05) is 31.6 Å². The van der Waals surface area contributed by atoms with Crippen molar-refractivity contribution in [2.45, 2.75) is 0 Å². The summed E-state index contributed by atoms with van der Waals surface area (Å²) < 4.78 is 5.19. The number of thiocarbonyl (C=S) groups is 1. The summed E-state index contributed by atoms with van der Waals surface area (Å²) in [5.74, 6) is -1.32. The van der Waals surface area contributed by atoms with Crippen molar-refractivity contribution < 1.29 is 9.53 Å². The van der Waals surface area contributed by atoms with Gasteiger partial charge in [0.15, 0.2) is 5.92 Å². The lowest BCUT2D eigenvalue weighted by molar-refractivity contribution is -0.135. The molecule has 0 bridgehead atoms. The van der Waals surface area contributed by atoms with Gasteiger partial charge in [0.1, 0.15) is 4.99 Å². The monoisotopic (exact) mass is 323 g/mol. The van der Waals surface area contributed by atoms with Gasteiger partial charge in [-0.2, -0.15) is 5.26 Å². The Morgan fingerprint density at radius 1 is 1.43 bits per heavy atom. The van der Waals surface area contributed by atoms with Gasteiger partial charge in [-0.05, 0) is 12.1 Å². The van der Waals surface area contributed by atoms with E-state index < -0.39 is 5.92 Å². The molecule has 0 unspecified atom stereocenters. The van der Waals surface area contributed by atoms with E-state index >= 15 is 0 Å². The molecule has 1 aliphatic rings. The molecule has 1 N–H and O–H groups in total. The minimum atomic E-state index is -1.02. The Kier molecular flexibility index (Phi) is 5.51. The summed E-state index contributed by atoms with van der Waals surface area (Å²) in [4.78, 5) is 14.1. The highest BCUT2D eigenvalue weighted by Gasteiger charge is 2.29. The lowest BCUT2D eigenvalue weighted by Gasteiger charge is -2.28. The first kappa shape index (κ1) is 15.7. The highest BCUT2D eigenvalue weighted by Crippen LogP contribution is 2.22. The van der Waals surface area contributed by atoms with Gasteiger partial charge in [-0.1, -0.05) is 36.0 Å². The Hall–Kier alpha value is -1.68. The SMILES string of the molecule is N#C[C@@H](C(=O)N1CCOCC1)C(=S)Nc1ccccc1Cl. The number of para-hydroxylation sites is 1. The van der Waals surface area contributed by atoms with Crippen molar-refractivity contribution >= 4 is 40.4 Å². The first-order valence-corrected chi connectivity index (χ1v) is 7.23. The molecule has 1 atom stereocenters. The molecule has 1 aliphatic heterocycles. The smallest absolute Gasteiger partial charge is 0.247 e. The second kappa shape index (κ2) is 7.36. The van der Waals surface area contributed by atoms with Crippen LogP contribution in [0, 0.1) is 17.2 Å². The number of hydrogen-bond acceptors (Lipinski definition) is 4. The van der Waals surface area contributed by atoms with Crippen LogP contribution < -0.4 is 5.32 Å². The van der Waals surface area contributed by atoms with Gasteiger partial charge in [0, 0.05) is 13.1 Å². The molecule has 0 saturated carbocycles. The Bertz CT molecular complexity index is 582. The molecular formula is C14H14ClN3O2S. The fourth-order valence-electron chi connectivity index (χ4n) is 1.96. The molecule has 0 aromatic heterocycles. The summed E-state index contributed by atoms with van der Waals surface area (Å²) in [6.45, 7) is 1.92. The Morgan fingerprint density at radius 3 is 2.71 bits per heavy atom. The average Bonchev–Trinajstić information content (AvgIpc) is 2.51. The first-order valence-electron chi connectivity index (χ1n) is 6.45. The number of hydrogen-bond donors (Lipinski definition) is 1. The first-order chi connectivity index (χ1) is 10.1. The average molecular weight is 324 g/mol. The van der Waals surface area contributed by atoms with E-state index in [1.165, 1.54) is 0 Å². The second-order valence-electron chi connectivity index (χ2n) is 4.47. The maximum atomic E-state index is 12.3. The van der Waals surface area contributed by atoms with Crippen molar-refractivity contribution in [2.24, 2.45) is 5.92 Å². The molecule has 2 rings (SSSR count). The van der Waals surface area contributed by atoms with E-state index in [1.807, 2.05) is 6.07 Å². The Balaban J connectivity index is 2.06. The molecule has 1 amide bonds. The van der Waals surface area contributed by atoms with Gasteiger partial charge < -0.3 is 15.0 Å². The zero-order valence-electron chi connectivity index (χ0n) is 11.2. The fraction of sp³-hybridized carbons (Fsp3) is 0.357. The molecule has 0 spiro atoms. The molecule has 7 heteroatoms. The highest BCUT2D eigenvalue weighted by atomic mass is 35.5. The van der Waals surface area contributed by atoms with Crippen LogP contribution in [0.2, 0.25) is 5.02 Å². The van der Waals surface area contributed by atoms with Crippen molar-refractivity contribution in [3.8, 4) is 6.07 Å². The minimum absolute atomic E-state index is 0.155. The van der Waals surface area contributed by atoms with Crippen LogP contribution in [0.5, 0.6) is 0 Å². The van der Waals surface area contributed by atoms with E-state index in [4.69, 9.17) is 28.6 Å². The van der Waals surface area contributed by atoms with Crippen molar-refractivity contribution in [3.05, 3.63) is 29.3 Å². The zero-order valence-corrected chi connectivity index (χ0v) is 12.8. The number of benzene rings is 1. The molecule has 1 aromatic rings. The van der Waals surface area contributed by atoms with Crippen LogP contribution in [0.4, 0.5) is 5.69 Å². The van der Waals surface area contributed by atoms with Gasteiger partial charge in [0.05, 0.1) is 30.0 Å². The Labute approximate surface area is 133 Å². The Morgan fingerprint density at radius 2 is 2.10 bits per heavy atom. The summed E-state index contributed by atoms with van der Waals surface area (Å²) in [7, 11) is 0. The standard InChI is InChI=1S/C14H14ClN3O2S/c15-11-3-1-2-4-12(11)17-13(21)10(9-16)14(19)18-5-7-20-8-6-18/h1-4,10H,5-8H2,(H,17,21)/t10-/m1/s1. The quantitative estimate of drug-likeness (QED) is 0.863. The van der Waals surface area contributed by atoms with Gasteiger partial charge >= 0.3 is 0 Å². The summed E-state index contributed by atoms with van der Waals surface area (Å²) in [5.41, 5.74) is 0.583. The van der Waals surface area contributed by atoms with Gasteiger partial charge in [-0.25, -0.2) is 0 Å². The van der Waals surface area contributed by atoms with E-state index in [2.05, 4.69) is 5.32 Å². The predicted octanol–water partition coefficient (Wildman–Crippen LogP) is 2.08. The molecule has 1 heterocycles. The summed E-state index contributed by atoms with van der Waals surface area (Å²) in [6.07, 6.45) is 0. The normalized spacial score (nSPS) is 15.9. The van der Waals surface area contributed by atoms with Crippen LogP contribution in [0.25, 0.3) is 0 Å². The summed E-state index contributed by atoms with van der Waals surface area (Å²) >= 11 is 11.2. The van der Waals surface area contributed by atoms with Crippen LogP contribution in [-0.2, 0) is 9.53 Å². The number of morpholine rings is 1. The zero-order chi connectivity index (χ0) is 15.2. The molecule has 1 saturated heterocycles. The van der Waals surface area contributed by atoms with Crippen LogP contribution in [0.15, 0.2) is 24.3 Å². The number of ether oxygens (including phenoxy) is 1. The van der Waals surface area contributed by atoms with Crippen LogP contribution in [0.1, 0.15) is 0 Å². The topological polar surface area (TPSA) is 65.4 Å². The molecule has 0 aliphatic carbocycles. The number of nitrogens with one attached hydrogen (secondary N) is 1. The van der Waals surface area contributed by atoms with Gasteiger partial charge in [-0.3, -0.25) is 4.79 Å². The third-order valence-corrected chi connectivity index (χ3v) is 3.76. The number of nitrogens with zero attached hydrogens (tertiary/aromatic N) is 2. The minimum Gasteiger partial charge on any atom is -0.378 e. The number of nitriles is 1. The number of anilines is 1. The highest BCUT2D eigenvalue weighted by molar-refractivity contribution is 7.80. The maximum Gasteiger partial charge on any atom is 0.247 e. The molecule has 110 valence electrons. The van der Waals surface area contributed by atoms with Gasteiger partial charge in [-0.15, -0.1) is 0 Å². The van der Waals surface area contributed by atoms with E-state index in [0.29, 0.717) is 37.0 Å². The molecule has 5 nitrogen and oxygen atoms in total. The molecule has 1 fully saturated rings. The molecular weight excluding hydrogens is 310 g/mol. The number of halogens is 1. The van der Waals surface area contributed by atoms with E-state index in [9.17, 15) is 10.1 Å². The largest absolute Gasteiger partial charge is 0.378 e. The predicted molar refractivity (Wildman–Crippen MR) is 84.2 cm³/mol. The number of rotatable bonds is 3. The second-order valence-corrected chi connectivity index (χ2v) is 5.32. The molecule has 1 aromatic carbocycles. The van der Waals surface area contributed by atoms with E-state index in [-0.39, 0.29) is 10.9 Å². The molecule has 21 heavy (non-hydrogen) atoms. The lowest BCUT2D eigenvalue weighted by Crippen LogP contribution is -2.46. The van der Waals surface area contributed by atoms with Crippen LogP contribution in [-0.4, -0.2) is 42.1 Å². The van der Waals surface area contributed by atoms with Crippen molar-refractivity contribution in [1.82, 2.24) is 4.90 Å². The van der Waals surface area contributed by atoms with Crippen LogP contribution >= 0.6 is 23.8 Å².